The highest BCUT2D eigenvalue weighted by Gasteiger charge is 2.08. The summed E-state index contributed by atoms with van der Waals surface area (Å²) in [6.45, 7) is 0. The summed E-state index contributed by atoms with van der Waals surface area (Å²) in [5.41, 5.74) is 6.26. The lowest BCUT2D eigenvalue weighted by molar-refractivity contribution is -0.384. The van der Waals surface area contributed by atoms with Crippen molar-refractivity contribution < 1.29 is 9.72 Å². The van der Waals surface area contributed by atoms with E-state index < -0.39 is 10.8 Å². The molecule has 7 nitrogen and oxygen atoms in total. The van der Waals surface area contributed by atoms with E-state index in [9.17, 15) is 14.9 Å². The van der Waals surface area contributed by atoms with Gasteiger partial charge in [-0.3, -0.25) is 14.9 Å². The minimum atomic E-state index is -0.810. The molecular formula is C14H14N4O3. The average Bonchev–Trinajstić information content (AvgIpc) is 2.43. The fraction of sp³-hybridized carbons (Fsp3) is 0.143. The number of nitrogens with two attached hydrogens (primary N) is 1. The van der Waals surface area contributed by atoms with Gasteiger partial charge in [-0.1, -0.05) is 0 Å². The van der Waals surface area contributed by atoms with Gasteiger partial charge in [0.2, 0.25) is 0 Å². The number of benzene rings is 1. The number of carbonyl (C=O) groups is 1. The molecule has 0 heterocycles. The van der Waals surface area contributed by atoms with E-state index in [0.717, 1.165) is 0 Å². The van der Waals surface area contributed by atoms with Crippen molar-refractivity contribution in [2.75, 3.05) is 14.1 Å². The summed E-state index contributed by atoms with van der Waals surface area (Å²) >= 11 is 0. The third-order valence-electron chi connectivity index (χ3n) is 2.65. The second kappa shape index (κ2) is 6.86. The average molecular weight is 286 g/mol. The Labute approximate surface area is 121 Å². The molecule has 2 N–H and O–H groups in total. The van der Waals surface area contributed by atoms with E-state index in [1.54, 1.807) is 43.3 Å². The molecule has 1 aromatic carbocycles. The van der Waals surface area contributed by atoms with Crippen LogP contribution >= 0.6 is 0 Å². The smallest absolute Gasteiger partial charge is 0.269 e. The molecule has 0 aliphatic carbocycles. The van der Waals surface area contributed by atoms with E-state index in [4.69, 9.17) is 11.0 Å². The van der Waals surface area contributed by atoms with Gasteiger partial charge in [0.1, 0.15) is 11.6 Å². The molecule has 0 radical (unpaired) electrons. The van der Waals surface area contributed by atoms with Gasteiger partial charge in [0.25, 0.3) is 11.6 Å². The number of nitro benzene ring substituents is 1. The maximum Gasteiger partial charge on any atom is 0.269 e. The Hall–Kier alpha value is -3.14. The highest BCUT2D eigenvalue weighted by atomic mass is 16.6. The topological polar surface area (TPSA) is 113 Å². The Morgan fingerprint density at radius 1 is 1.33 bits per heavy atom. The number of nitro groups is 1. The molecule has 1 rings (SSSR count). The lowest BCUT2D eigenvalue weighted by Crippen LogP contribution is -2.13. The Morgan fingerprint density at radius 3 is 2.29 bits per heavy atom. The fourth-order valence-electron chi connectivity index (χ4n) is 1.59. The number of rotatable bonds is 5. The SMILES string of the molecule is CN(C)C(=CC=C(C#N)C(N)=O)c1ccc([N+](=O)[O-])cc1. The van der Waals surface area contributed by atoms with Crippen molar-refractivity contribution in [2.24, 2.45) is 5.73 Å². The lowest BCUT2D eigenvalue weighted by atomic mass is 10.1. The molecule has 0 fully saturated rings. The van der Waals surface area contributed by atoms with Gasteiger partial charge in [-0.2, -0.15) is 5.26 Å². The molecule has 0 bridgehead atoms. The molecule has 0 saturated carbocycles. The number of hydrogen-bond acceptors (Lipinski definition) is 5. The molecule has 0 aliphatic heterocycles. The van der Waals surface area contributed by atoms with Crippen LogP contribution in [0.4, 0.5) is 5.69 Å². The van der Waals surface area contributed by atoms with Crippen LogP contribution in [-0.4, -0.2) is 29.8 Å². The summed E-state index contributed by atoms with van der Waals surface area (Å²) in [7, 11) is 3.55. The van der Waals surface area contributed by atoms with Crippen LogP contribution in [-0.2, 0) is 4.79 Å². The van der Waals surface area contributed by atoms with Gasteiger partial charge in [-0.15, -0.1) is 0 Å². The standard InChI is InChI=1S/C14H14N4O3/c1-17(2)13(8-5-11(9-15)14(16)19)10-3-6-12(7-4-10)18(20)21/h3-8H,1-2H3,(H2,16,19). The van der Waals surface area contributed by atoms with Gasteiger partial charge in [0, 0.05) is 31.9 Å². The number of nitrogens with zero attached hydrogens (tertiary/aromatic N) is 3. The number of hydrogen-bond donors (Lipinski definition) is 1. The summed E-state index contributed by atoms with van der Waals surface area (Å²) in [4.78, 5) is 22.9. The van der Waals surface area contributed by atoms with Crippen LogP contribution in [0.25, 0.3) is 5.70 Å². The molecule has 1 amide bonds. The second-order valence-electron chi connectivity index (χ2n) is 4.31. The van der Waals surface area contributed by atoms with Gasteiger partial charge in [-0.05, 0) is 29.8 Å². The predicted octanol–water partition coefficient (Wildman–Crippen LogP) is 1.43. The molecule has 21 heavy (non-hydrogen) atoms. The highest BCUT2D eigenvalue weighted by molar-refractivity contribution is 5.96. The van der Waals surface area contributed by atoms with Crippen LogP contribution in [0, 0.1) is 21.4 Å². The third-order valence-corrected chi connectivity index (χ3v) is 2.65. The Morgan fingerprint density at radius 2 is 1.90 bits per heavy atom. The van der Waals surface area contributed by atoms with Crippen molar-refractivity contribution in [3.8, 4) is 6.07 Å². The maximum atomic E-state index is 11.0. The van der Waals surface area contributed by atoms with Crippen molar-refractivity contribution in [3.05, 3.63) is 57.7 Å². The van der Waals surface area contributed by atoms with E-state index in [1.165, 1.54) is 18.2 Å². The largest absolute Gasteiger partial charge is 0.377 e. The lowest BCUT2D eigenvalue weighted by Gasteiger charge is -2.17. The molecule has 0 spiro atoms. The van der Waals surface area contributed by atoms with Gasteiger partial charge >= 0.3 is 0 Å². The van der Waals surface area contributed by atoms with Crippen LogP contribution in [0.15, 0.2) is 42.0 Å². The van der Waals surface area contributed by atoms with Gasteiger partial charge in [0.05, 0.1) is 4.92 Å². The Balaban J connectivity index is 3.22. The maximum absolute atomic E-state index is 11.0. The first-order valence-electron chi connectivity index (χ1n) is 5.91. The van der Waals surface area contributed by atoms with Gasteiger partial charge < -0.3 is 10.6 Å². The number of primary amides is 1. The van der Waals surface area contributed by atoms with Crippen molar-refractivity contribution in [3.63, 3.8) is 0 Å². The molecule has 0 atom stereocenters. The first kappa shape index (κ1) is 15.9. The van der Waals surface area contributed by atoms with Crippen LogP contribution < -0.4 is 5.73 Å². The molecule has 0 aliphatic rings. The summed E-state index contributed by atoms with van der Waals surface area (Å²) in [6, 6.07) is 7.66. The zero-order valence-corrected chi connectivity index (χ0v) is 11.6. The van der Waals surface area contributed by atoms with E-state index in [0.29, 0.717) is 11.3 Å². The van der Waals surface area contributed by atoms with Crippen LogP contribution in [0.5, 0.6) is 0 Å². The summed E-state index contributed by atoms with van der Waals surface area (Å²) in [5, 5.41) is 19.4. The van der Waals surface area contributed by atoms with Crippen LogP contribution in [0.2, 0.25) is 0 Å². The molecule has 108 valence electrons. The second-order valence-corrected chi connectivity index (χ2v) is 4.31. The number of carbonyl (C=O) groups excluding carboxylic acids is 1. The zero-order chi connectivity index (χ0) is 16.0. The van der Waals surface area contributed by atoms with Crippen molar-refractivity contribution >= 4 is 17.3 Å². The zero-order valence-electron chi connectivity index (χ0n) is 11.6. The molecular weight excluding hydrogens is 272 g/mol. The monoisotopic (exact) mass is 286 g/mol. The van der Waals surface area contributed by atoms with Crippen LogP contribution in [0.1, 0.15) is 5.56 Å². The van der Waals surface area contributed by atoms with Gasteiger partial charge in [0.15, 0.2) is 0 Å². The van der Waals surface area contributed by atoms with E-state index in [1.807, 2.05) is 0 Å². The Kier molecular flexibility index (Phi) is 5.20. The van der Waals surface area contributed by atoms with Crippen LogP contribution in [0.3, 0.4) is 0 Å². The van der Waals surface area contributed by atoms with E-state index >= 15 is 0 Å². The molecule has 0 aromatic heterocycles. The van der Waals surface area contributed by atoms with Crippen molar-refractivity contribution in [2.45, 2.75) is 0 Å². The number of amides is 1. The van der Waals surface area contributed by atoms with E-state index in [2.05, 4.69) is 0 Å². The van der Waals surface area contributed by atoms with Crippen molar-refractivity contribution in [1.82, 2.24) is 4.90 Å². The van der Waals surface area contributed by atoms with Crippen molar-refractivity contribution in [1.29, 1.82) is 5.26 Å². The number of nitriles is 1. The molecule has 7 heteroatoms. The van der Waals surface area contributed by atoms with Gasteiger partial charge in [-0.25, -0.2) is 0 Å². The summed E-state index contributed by atoms with van der Waals surface area (Å²) in [6.07, 6.45) is 2.88. The Bertz CT molecular complexity index is 652. The molecule has 0 saturated heterocycles. The third kappa shape index (κ3) is 4.18. The highest BCUT2D eigenvalue weighted by Crippen LogP contribution is 2.20. The summed E-state index contributed by atoms with van der Waals surface area (Å²) in [5.74, 6) is -0.810. The first-order chi connectivity index (χ1) is 9.86. The summed E-state index contributed by atoms with van der Waals surface area (Å²) < 4.78 is 0. The van der Waals surface area contributed by atoms with E-state index in [-0.39, 0.29) is 11.3 Å². The first-order valence-corrected chi connectivity index (χ1v) is 5.91. The molecule has 0 unspecified atom stereocenters. The predicted molar refractivity (Wildman–Crippen MR) is 77.7 cm³/mol. The normalized spacial score (nSPS) is 11.7. The number of non-ortho nitro benzene ring substituents is 1. The number of allylic oxidation sites excluding steroid dienone is 2. The minimum absolute atomic E-state index is 0.0118. The molecule has 1 aromatic rings. The fourth-order valence-corrected chi connectivity index (χ4v) is 1.59. The quantitative estimate of drug-likeness (QED) is 0.289. The minimum Gasteiger partial charge on any atom is -0.377 e.